The Labute approximate surface area is 143 Å². The Kier molecular flexibility index (Phi) is 24.6. The molecule has 11 heteroatoms. The Balaban J connectivity index is 0. The largest absolute Gasteiger partial charge is 0.692 e. The van der Waals surface area contributed by atoms with Crippen LogP contribution in [0.3, 0.4) is 0 Å². The van der Waals surface area contributed by atoms with E-state index in [0.717, 1.165) is 0 Å². The van der Waals surface area contributed by atoms with Gasteiger partial charge in [0.2, 0.25) is 0 Å². The fraction of sp³-hybridized carbons (Fsp3) is 1.00. The van der Waals surface area contributed by atoms with Crippen molar-refractivity contribution in [1.82, 2.24) is 0 Å². The van der Waals surface area contributed by atoms with Crippen LogP contribution in [-0.4, -0.2) is 98.8 Å². The maximum absolute atomic E-state index is 8.94. The van der Waals surface area contributed by atoms with Gasteiger partial charge in [-0.1, -0.05) is 0 Å². The first-order chi connectivity index (χ1) is 11.5. The Morgan fingerprint density at radius 1 is 0.750 bits per heavy atom. The molecule has 0 aliphatic heterocycles. The highest BCUT2D eigenvalue weighted by Crippen LogP contribution is 1.98. The van der Waals surface area contributed by atoms with Gasteiger partial charge in [0.15, 0.2) is 0 Å². The molecule has 0 heterocycles. The zero-order valence-electron chi connectivity index (χ0n) is 14.0. The van der Waals surface area contributed by atoms with Crippen LogP contribution < -0.4 is 0 Å². The van der Waals surface area contributed by atoms with Crippen molar-refractivity contribution in [2.45, 2.75) is 13.0 Å². The summed E-state index contributed by atoms with van der Waals surface area (Å²) < 4.78 is 34.7. The molecular weight excluding hydrogens is 347 g/mol. The lowest BCUT2D eigenvalue weighted by molar-refractivity contribution is -0.0202. The van der Waals surface area contributed by atoms with E-state index in [0.29, 0.717) is 66.1 Å². The van der Waals surface area contributed by atoms with Gasteiger partial charge >= 0.3 is 8.25 Å². The van der Waals surface area contributed by atoms with Crippen LogP contribution in [0.2, 0.25) is 0 Å². The van der Waals surface area contributed by atoms with E-state index in [1.165, 1.54) is 0 Å². The molecule has 0 radical (unpaired) electrons. The molecule has 0 bridgehead atoms. The third kappa shape index (κ3) is 33.4. The van der Waals surface area contributed by atoms with Gasteiger partial charge in [0, 0.05) is 4.57 Å². The summed E-state index contributed by atoms with van der Waals surface area (Å²) in [6.45, 7) is 6.40. The summed E-state index contributed by atoms with van der Waals surface area (Å²) in [6.07, 6.45) is -0.438. The van der Waals surface area contributed by atoms with Gasteiger partial charge in [0.25, 0.3) is 0 Å². The topological polar surface area (TPSA) is 144 Å². The zero-order chi connectivity index (χ0) is 18.5. The molecule has 0 aromatic carbocycles. The van der Waals surface area contributed by atoms with E-state index in [4.69, 9.17) is 48.2 Å². The van der Waals surface area contributed by atoms with Crippen molar-refractivity contribution in [3.05, 3.63) is 0 Å². The highest BCUT2D eigenvalue weighted by Gasteiger charge is 1.95. The second-order valence-electron chi connectivity index (χ2n) is 4.35. The Hall–Kier alpha value is -0.260. The van der Waals surface area contributed by atoms with Crippen molar-refractivity contribution in [1.29, 1.82) is 0 Å². The molecule has 0 saturated heterocycles. The van der Waals surface area contributed by atoms with Crippen molar-refractivity contribution in [2.75, 3.05) is 72.7 Å². The number of aliphatic hydroxyl groups is 2. The maximum atomic E-state index is 8.94. The normalized spacial score (nSPS) is 11.7. The summed E-state index contributed by atoms with van der Waals surface area (Å²) in [4.78, 5) is 14.2. The maximum Gasteiger partial charge on any atom is 0.692 e. The minimum Gasteiger partial charge on any atom is -0.394 e. The molecule has 4 N–H and O–H groups in total. The van der Waals surface area contributed by atoms with Crippen molar-refractivity contribution >= 4 is 8.25 Å². The highest BCUT2D eigenvalue weighted by molar-refractivity contribution is 7.30. The van der Waals surface area contributed by atoms with Gasteiger partial charge in [-0.05, 0) is 6.92 Å². The molecule has 146 valence electrons. The first kappa shape index (κ1) is 26.0. The van der Waals surface area contributed by atoms with Gasteiger partial charge < -0.3 is 33.9 Å². The minimum atomic E-state index is -2.87. The second kappa shape index (κ2) is 22.7. The van der Waals surface area contributed by atoms with Gasteiger partial charge in [0.1, 0.15) is 0 Å². The third-order valence-corrected chi connectivity index (χ3v) is 2.08. The SMILES string of the molecule is CC(O)COCCOCCOCCOCCOCCO.O=[P+](O)O. The van der Waals surface area contributed by atoms with Crippen molar-refractivity contribution < 1.29 is 48.2 Å². The summed E-state index contributed by atoms with van der Waals surface area (Å²) in [6, 6.07) is 0. The van der Waals surface area contributed by atoms with Crippen LogP contribution in [0.5, 0.6) is 0 Å². The van der Waals surface area contributed by atoms with Gasteiger partial charge in [-0.15, -0.1) is 9.79 Å². The van der Waals surface area contributed by atoms with Crippen LogP contribution in [0.15, 0.2) is 0 Å². The quantitative estimate of drug-likeness (QED) is 0.197. The molecule has 24 heavy (non-hydrogen) atoms. The van der Waals surface area contributed by atoms with E-state index < -0.39 is 14.4 Å². The summed E-state index contributed by atoms with van der Waals surface area (Å²) in [7, 11) is -2.87. The monoisotopic (exact) mass is 377 g/mol. The lowest BCUT2D eigenvalue weighted by Gasteiger charge is -2.08. The van der Waals surface area contributed by atoms with Crippen LogP contribution >= 0.6 is 8.25 Å². The molecule has 0 fully saturated rings. The van der Waals surface area contributed by atoms with E-state index in [9.17, 15) is 0 Å². The summed E-state index contributed by atoms with van der Waals surface area (Å²) >= 11 is 0. The van der Waals surface area contributed by atoms with Crippen LogP contribution in [0.1, 0.15) is 6.92 Å². The lowest BCUT2D eigenvalue weighted by atomic mass is 10.4. The molecule has 10 nitrogen and oxygen atoms in total. The van der Waals surface area contributed by atoms with Crippen LogP contribution in [-0.2, 0) is 28.2 Å². The molecule has 0 aliphatic rings. The average molecular weight is 377 g/mol. The van der Waals surface area contributed by atoms with E-state index in [-0.39, 0.29) is 6.61 Å². The van der Waals surface area contributed by atoms with E-state index >= 15 is 0 Å². The lowest BCUT2D eigenvalue weighted by Crippen LogP contribution is -2.15. The summed E-state index contributed by atoms with van der Waals surface area (Å²) in [5.41, 5.74) is 0. The van der Waals surface area contributed by atoms with E-state index in [1.807, 2.05) is 0 Å². The fourth-order valence-corrected chi connectivity index (χ4v) is 1.20. The Morgan fingerprint density at radius 3 is 1.33 bits per heavy atom. The molecule has 0 saturated carbocycles. The third-order valence-electron chi connectivity index (χ3n) is 2.08. The van der Waals surface area contributed by atoms with Crippen LogP contribution in [0.25, 0.3) is 0 Å². The molecule has 0 spiro atoms. The molecule has 0 aliphatic carbocycles. The summed E-state index contributed by atoms with van der Waals surface area (Å²) in [5, 5.41) is 17.4. The van der Waals surface area contributed by atoms with Crippen LogP contribution in [0.4, 0.5) is 0 Å². The molecular formula is C13H30O10P+. The molecule has 1 atom stereocenters. The number of ether oxygens (including phenoxy) is 5. The van der Waals surface area contributed by atoms with Crippen LogP contribution in [0, 0.1) is 0 Å². The van der Waals surface area contributed by atoms with Crippen molar-refractivity contribution in [2.24, 2.45) is 0 Å². The molecule has 1 unspecified atom stereocenters. The predicted octanol–water partition coefficient (Wildman–Crippen LogP) is -0.929. The number of aliphatic hydroxyl groups excluding tert-OH is 2. The zero-order valence-corrected chi connectivity index (χ0v) is 14.9. The van der Waals surface area contributed by atoms with Gasteiger partial charge in [-0.25, -0.2) is 0 Å². The first-order valence-corrected chi connectivity index (χ1v) is 8.69. The molecule has 0 aromatic rings. The van der Waals surface area contributed by atoms with Gasteiger partial charge in [0.05, 0.1) is 78.8 Å². The van der Waals surface area contributed by atoms with E-state index in [2.05, 4.69) is 0 Å². The average Bonchev–Trinajstić information content (AvgIpc) is 2.50. The number of rotatable bonds is 16. The standard InChI is InChI=1S/C13H28O7.HO3P/c1-13(15)12-20-11-10-19-9-8-18-7-6-17-5-4-16-3-2-14;1-4(2)3/h13-15H,2-12H2,1H3;(H-,1,2,3)/p+1. The summed E-state index contributed by atoms with van der Waals surface area (Å²) in [5.74, 6) is 0. The fourth-order valence-electron chi connectivity index (χ4n) is 1.20. The Morgan fingerprint density at radius 2 is 1.04 bits per heavy atom. The molecule has 0 amide bonds. The van der Waals surface area contributed by atoms with Gasteiger partial charge in [-0.3, -0.25) is 0 Å². The predicted molar refractivity (Wildman–Crippen MR) is 84.9 cm³/mol. The van der Waals surface area contributed by atoms with E-state index in [1.54, 1.807) is 6.92 Å². The highest BCUT2D eigenvalue weighted by atomic mass is 31.1. The molecule has 0 aromatic heterocycles. The first-order valence-electron chi connectivity index (χ1n) is 7.53. The molecule has 0 rings (SSSR count). The number of hydrogen-bond donors (Lipinski definition) is 4. The number of hydrogen-bond acceptors (Lipinski definition) is 8. The smallest absolute Gasteiger partial charge is 0.394 e. The van der Waals surface area contributed by atoms with Crippen molar-refractivity contribution in [3.8, 4) is 0 Å². The Bertz CT molecular complexity index is 251. The second-order valence-corrected chi connectivity index (χ2v) is 4.86. The minimum absolute atomic E-state index is 0.0349. The van der Waals surface area contributed by atoms with Crippen molar-refractivity contribution in [3.63, 3.8) is 0 Å². The van der Waals surface area contributed by atoms with Gasteiger partial charge in [-0.2, -0.15) is 0 Å².